The van der Waals surface area contributed by atoms with Crippen LogP contribution in [0.25, 0.3) is 11.3 Å². The van der Waals surface area contributed by atoms with E-state index in [9.17, 15) is 4.79 Å². The first-order valence-electron chi connectivity index (χ1n) is 10.5. The number of hydrogen-bond donors (Lipinski definition) is 0. The molecule has 0 radical (unpaired) electrons. The Morgan fingerprint density at radius 1 is 1.13 bits per heavy atom. The number of rotatable bonds is 3. The Morgan fingerprint density at radius 2 is 1.94 bits per heavy atom. The highest BCUT2D eigenvalue weighted by Crippen LogP contribution is 2.38. The van der Waals surface area contributed by atoms with E-state index in [0.717, 1.165) is 34.0 Å². The second-order valence-corrected chi connectivity index (χ2v) is 8.29. The van der Waals surface area contributed by atoms with Crippen molar-refractivity contribution < 1.29 is 9.53 Å². The van der Waals surface area contributed by atoms with Crippen LogP contribution in [-0.4, -0.2) is 51.9 Å². The highest BCUT2D eigenvalue weighted by atomic mass is 35.5. The zero-order valence-electron chi connectivity index (χ0n) is 17.3. The van der Waals surface area contributed by atoms with Gasteiger partial charge < -0.3 is 9.64 Å². The minimum Gasteiger partial charge on any atom is -0.378 e. The number of morpholine rings is 1. The number of aryl methyl sites for hydroxylation is 1. The number of amides is 1. The average molecular weight is 435 g/mol. The molecule has 3 heterocycles. The maximum atomic E-state index is 13.1. The lowest BCUT2D eigenvalue weighted by Crippen LogP contribution is -2.41. The Bertz CT molecular complexity index is 1160. The van der Waals surface area contributed by atoms with Crippen molar-refractivity contribution in [3.8, 4) is 5.69 Å². The number of nitrogens with zero attached hydrogens (tertiary/aromatic N) is 4. The van der Waals surface area contributed by atoms with E-state index in [-0.39, 0.29) is 11.8 Å². The van der Waals surface area contributed by atoms with E-state index in [1.807, 2.05) is 42.2 Å². The lowest BCUT2D eigenvalue weighted by atomic mass is 9.92. The Hall–Kier alpha value is -2.96. The molecule has 3 aromatic rings. The summed E-state index contributed by atoms with van der Waals surface area (Å²) in [6, 6.07) is 16.0. The van der Waals surface area contributed by atoms with Crippen LogP contribution in [0.3, 0.4) is 0 Å². The second-order valence-electron chi connectivity index (χ2n) is 7.85. The van der Waals surface area contributed by atoms with Gasteiger partial charge in [-0.2, -0.15) is 0 Å². The molecule has 1 aromatic heterocycles. The van der Waals surface area contributed by atoms with Crippen LogP contribution < -0.4 is 0 Å². The van der Waals surface area contributed by atoms with E-state index in [0.29, 0.717) is 37.7 Å². The summed E-state index contributed by atoms with van der Waals surface area (Å²) in [7, 11) is 0. The number of allylic oxidation sites excluding steroid dienone is 1. The fraction of sp³-hybridized carbons (Fsp3) is 0.292. The molecule has 0 saturated carbocycles. The van der Waals surface area contributed by atoms with E-state index in [1.54, 1.807) is 0 Å². The predicted molar refractivity (Wildman–Crippen MR) is 119 cm³/mol. The number of carbonyl (C=O) groups excluding carboxylic acids is 1. The number of halogens is 1. The van der Waals surface area contributed by atoms with Gasteiger partial charge in [0.2, 0.25) is 5.91 Å². The molecule has 1 amide bonds. The fourth-order valence-electron chi connectivity index (χ4n) is 4.37. The zero-order chi connectivity index (χ0) is 21.4. The van der Waals surface area contributed by atoms with E-state index >= 15 is 0 Å². The third-order valence-electron chi connectivity index (χ3n) is 5.88. The highest BCUT2D eigenvalue weighted by Gasteiger charge is 2.30. The van der Waals surface area contributed by atoms with Gasteiger partial charge in [-0.15, -0.1) is 10.2 Å². The Morgan fingerprint density at radius 3 is 2.74 bits per heavy atom. The fourth-order valence-corrected chi connectivity index (χ4v) is 4.56. The van der Waals surface area contributed by atoms with Crippen molar-refractivity contribution in [3.63, 3.8) is 0 Å². The van der Waals surface area contributed by atoms with Gasteiger partial charge in [0, 0.05) is 36.0 Å². The average Bonchev–Trinajstić information content (AvgIpc) is 3.11. The third-order valence-corrected chi connectivity index (χ3v) is 6.11. The molecule has 0 aliphatic carbocycles. The van der Waals surface area contributed by atoms with Crippen LogP contribution in [0.5, 0.6) is 0 Å². The molecule has 1 atom stereocenters. The summed E-state index contributed by atoms with van der Waals surface area (Å²) >= 11 is 6.32. The van der Waals surface area contributed by atoms with Gasteiger partial charge in [0.1, 0.15) is 11.6 Å². The van der Waals surface area contributed by atoms with Gasteiger partial charge in [-0.25, -0.2) is 0 Å². The second kappa shape index (κ2) is 8.29. The smallest absolute Gasteiger partial charge is 0.223 e. The molecule has 0 spiro atoms. The molecule has 1 fully saturated rings. The van der Waals surface area contributed by atoms with Crippen LogP contribution in [0.2, 0.25) is 5.02 Å². The minimum absolute atomic E-state index is 0.105. The molecular formula is C24H23ClN4O2. The van der Waals surface area contributed by atoms with Crippen molar-refractivity contribution in [2.24, 2.45) is 0 Å². The Kier molecular flexibility index (Phi) is 5.34. The van der Waals surface area contributed by atoms with Crippen molar-refractivity contribution in [1.29, 1.82) is 0 Å². The van der Waals surface area contributed by atoms with Crippen molar-refractivity contribution in [2.45, 2.75) is 19.3 Å². The number of ether oxygens (including phenoxy) is 1. The number of fused-ring (bicyclic) bond motifs is 3. The summed E-state index contributed by atoms with van der Waals surface area (Å²) in [5, 5.41) is 9.50. The van der Waals surface area contributed by atoms with Crippen molar-refractivity contribution in [3.05, 3.63) is 82.4 Å². The van der Waals surface area contributed by atoms with Crippen molar-refractivity contribution in [2.75, 3.05) is 26.3 Å². The number of aromatic nitrogens is 3. The quantitative estimate of drug-likeness (QED) is 0.625. The summed E-state index contributed by atoms with van der Waals surface area (Å²) in [6.45, 7) is 4.37. The highest BCUT2D eigenvalue weighted by molar-refractivity contribution is 6.30. The normalized spacial score (nSPS) is 18.1. The van der Waals surface area contributed by atoms with Gasteiger partial charge >= 0.3 is 0 Å². The van der Waals surface area contributed by atoms with Gasteiger partial charge in [-0.3, -0.25) is 9.36 Å². The summed E-state index contributed by atoms with van der Waals surface area (Å²) in [4.78, 5) is 15.0. The molecule has 1 unspecified atom stereocenters. The standard InChI is InChI=1S/C24H23ClN4O2/c1-16-26-27-24-18(15-23(30)28-9-11-31-12-10-28)14-21(17-5-4-6-19(25)13-17)20-7-2-3-8-22(20)29(16)24/h2-8,13-14,18H,9-12,15H2,1H3. The Balaban J connectivity index is 1.64. The van der Waals surface area contributed by atoms with E-state index in [2.05, 4.69) is 39.0 Å². The molecule has 2 aliphatic heterocycles. The van der Waals surface area contributed by atoms with Crippen LogP contribution in [0, 0.1) is 6.92 Å². The first kappa shape index (κ1) is 20.0. The molecule has 7 heteroatoms. The van der Waals surface area contributed by atoms with Crippen LogP contribution in [-0.2, 0) is 9.53 Å². The van der Waals surface area contributed by atoms with E-state index < -0.39 is 0 Å². The van der Waals surface area contributed by atoms with Crippen LogP contribution >= 0.6 is 11.6 Å². The van der Waals surface area contributed by atoms with Gasteiger partial charge in [0.25, 0.3) is 0 Å². The number of carbonyl (C=O) groups is 1. The Labute approximate surface area is 186 Å². The number of benzene rings is 2. The van der Waals surface area contributed by atoms with Crippen LogP contribution in [0.4, 0.5) is 0 Å². The van der Waals surface area contributed by atoms with Gasteiger partial charge in [0.05, 0.1) is 18.9 Å². The summed E-state index contributed by atoms with van der Waals surface area (Å²) in [5.74, 6) is 1.47. The van der Waals surface area contributed by atoms with Gasteiger partial charge in [-0.1, -0.05) is 48.0 Å². The first-order chi connectivity index (χ1) is 15.1. The molecule has 6 nitrogen and oxygen atoms in total. The van der Waals surface area contributed by atoms with Crippen LogP contribution in [0.15, 0.2) is 54.6 Å². The lowest BCUT2D eigenvalue weighted by molar-refractivity contribution is -0.135. The molecule has 2 aliphatic rings. The molecule has 31 heavy (non-hydrogen) atoms. The zero-order valence-corrected chi connectivity index (χ0v) is 18.0. The van der Waals surface area contributed by atoms with Gasteiger partial charge in [0.15, 0.2) is 0 Å². The molecule has 0 bridgehead atoms. The molecule has 1 saturated heterocycles. The molecule has 158 valence electrons. The number of para-hydroxylation sites is 1. The van der Waals surface area contributed by atoms with Crippen LogP contribution in [0.1, 0.15) is 35.1 Å². The SMILES string of the molecule is Cc1nnc2n1-c1ccccc1C(c1cccc(Cl)c1)=CC2CC(=O)N1CCOCC1. The molecule has 0 N–H and O–H groups in total. The minimum atomic E-state index is -0.210. The summed E-state index contributed by atoms with van der Waals surface area (Å²) < 4.78 is 7.47. The maximum absolute atomic E-state index is 13.1. The van der Waals surface area contributed by atoms with Crippen molar-refractivity contribution >= 4 is 23.1 Å². The molecule has 2 aromatic carbocycles. The van der Waals surface area contributed by atoms with E-state index in [1.165, 1.54) is 0 Å². The maximum Gasteiger partial charge on any atom is 0.223 e. The molecule has 5 rings (SSSR count). The van der Waals surface area contributed by atoms with Gasteiger partial charge in [-0.05, 0) is 36.3 Å². The predicted octanol–water partition coefficient (Wildman–Crippen LogP) is 4.01. The number of hydrogen-bond acceptors (Lipinski definition) is 4. The lowest BCUT2D eigenvalue weighted by Gasteiger charge is -2.28. The first-order valence-corrected chi connectivity index (χ1v) is 10.8. The molecular weight excluding hydrogens is 412 g/mol. The topological polar surface area (TPSA) is 60.2 Å². The third kappa shape index (κ3) is 3.77. The summed E-state index contributed by atoms with van der Waals surface area (Å²) in [5.41, 5.74) is 4.13. The van der Waals surface area contributed by atoms with E-state index in [4.69, 9.17) is 16.3 Å². The largest absolute Gasteiger partial charge is 0.378 e. The van der Waals surface area contributed by atoms with Crippen molar-refractivity contribution in [1.82, 2.24) is 19.7 Å². The summed E-state index contributed by atoms with van der Waals surface area (Å²) in [6.07, 6.45) is 2.48. The monoisotopic (exact) mass is 434 g/mol.